The molecule has 0 fully saturated rings. The number of nitrogens with zero attached hydrogens (tertiary/aromatic N) is 1. The number of nitrogens with one attached hydrogen (secondary N) is 1. The Morgan fingerprint density at radius 3 is 2.63 bits per heavy atom. The summed E-state index contributed by atoms with van der Waals surface area (Å²) in [5, 5.41) is 2.49. The van der Waals surface area contributed by atoms with E-state index in [4.69, 9.17) is 10.5 Å². The van der Waals surface area contributed by atoms with Crippen LogP contribution in [0.2, 0.25) is 0 Å². The number of anilines is 1. The summed E-state index contributed by atoms with van der Waals surface area (Å²) in [6.45, 7) is 2.23. The normalized spacial score (nSPS) is 9.84. The predicted octanol–water partition coefficient (Wildman–Crippen LogP) is 0.485. The van der Waals surface area contributed by atoms with Crippen LogP contribution in [0.3, 0.4) is 0 Å². The quantitative estimate of drug-likeness (QED) is 0.759. The second kappa shape index (κ2) is 6.63. The van der Waals surface area contributed by atoms with Gasteiger partial charge >= 0.3 is 0 Å². The number of methoxy groups -OCH3 is 1. The molecular weight excluding hydrogens is 246 g/mol. The summed E-state index contributed by atoms with van der Waals surface area (Å²) in [5.41, 5.74) is 6.51. The van der Waals surface area contributed by atoms with E-state index in [1.54, 1.807) is 25.1 Å². The molecule has 1 aromatic rings. The summed E-state index contributed by atoms with van der Waals surface area (Å²) < 4.78 is 5.15. The number of para-hydroxylation sites is 1. The zero-order valence-electron chi connectivity index (χ0n) is 11.4. The molecular formula is C13H19N3O3. The summed E-state index contributed by atoms with van der Waals surface area (Å²) in [5.74, 6) is -0.170. The molecule has 0 bridgehead atoms. The zero-order chi connectivity index (χ0) is 14.4. The summed E-state index contributed by atoms with van der Waals surface area (Å²) >= 11 is 0. The van der Waals surface area contributed by atoms with Crippen LogP contribution in [0.4, 0.5) is 5.69 Å². The van der Waals surface area contributed by atoms with Crippen LogP contribution in [0.25, 0.3) is 0 Å². The molecule has 19 heavy (non-hydrogen) atoms. The van der Waals surface area contributed by atoms with Gasteiger partial charge in [0.05, 0.1) is 24.9 Å². The molecule has 0 aliphatic heterocycles. The van der Waals surface area contributed by atoms with Gasteiger partial charge in [0, 0.05) is 13.6 Å². The van der Waals surface area contributed by atoms with Gasteiger partial charge in [-0.2, -0.15) is 0 Å². The Balaban J connectivity index is 3.04. The number of nitrogen functional groups attached to an aromatic ring is 1. The standard InChI is InChI=1S/C13H19N3O3/c1-4-16(8-11(17)15-2)13(18)9-6-5-7-10(14)12(9)19-3/h5-7H,4,8,14H2,1-3H3,(H,15,17). The van der Waals surface area contributed by atoms with E-state index in [1.807, 2.05) is 0 Å². The molecule has 0 unspecified atom stereocenters. The predicted molar refractivity (Wildman–Crippen MR) is 73.1 cm³/mol. The van der Waals surface area contributed by atoms with Crippen LogP contribution in [-0.2, 0) is 4.79 Å². The number of hydrogen-bond donors (Lipinski definition) is 2. The average Bonchev–Trinajstić information content (AvgIpc) is 2.43. The van der Waals surface area contributed by atoms with Gasteiger partial charge in [0.2, 0.25) is 5.91 Å². The van der Waals surface area contributed by atoms with Crippen LogP contribution in [0.5, 0.6) is 5.75 Å². The van der Waals surface area contributed by atoms with Crippen LogP contribution in [-0.4, -0.2) is 44.0 Å². The number of rotatable bonds is 5. The highest BCUT2D eigenvalue weighted by atomic mass is 16.5. The SMILES string of the molecule is CCN(CC(=O)NC)C(=O)c1cccc(N)c1OC. The van der Waals surface area contributed by atoms with Gasteiger partial charge in [-0.15, -0.1) is 0 Å². The lowest BCUT2D eigenvalue weighted by Gasteiger charge is -2.21. The van der Waals surface area contributed by atoms with Gasteiger partial charge in [-0.05, 0) is 19.1 Å². The lowest BCUT2D eigenvalue weighted by molar-refractivity contribution is -0.121. The molecule has 1 aromatic carbocycles. The molecule has 6 nitrogen and oxygen atoms in total. The third kappa shape index (κ3) is 3.37. The number of hydrogen-bond acceptors (Lipinski definition) is 4. The number of benzene rings is 1. The lowest BCUT2D eigenvalue weighted by atomic mass is 10.1. The first kappa shape index (κ1) is 14.8. The zero-order valence-corrected chi connectivity index (χ0v) is 11.4. The summed E-state index contributed by atoms with van der Waals surface area (Å²) in [4.78, 5) is 25.2. The molecule has 0 heterocycles. The van der Waals surface area contributed by atoms with E-state index in [-0.39, 0.29) is 18.4 Å². The minimum Gasteiger partial charge on any atom is -0.494 e. The number of ether oxygens (including phenoxy) is 1. The Kier molecular flexibility index (Phi) is 5.17. The molecule has 1 rings (SSSR count). The van der Waals surface area contributed by atoms with Gasteiger partial charge in [0.1, 0.15) is 0 Å². The van der Waals surface area contributed by atoms with E-state index in [0.717, 1.165) is 0 Å². The molecule has 2 amide bonds. The van der Waals surface area contributed by atoms with Crippen molar-refractivity contribution in [2.75, 3.05) is 33.0 Å². The number of likely N-dealkylation sites (N-methyl/N-ethyl adjacent to an activating group) is 2. The van der Waals surface area contributed by atoms with Gasteiger partial charge in [-0.1, -0.05) is 6.07 Å². The smallest absolute Gasteiger partial charge is 0.258 e. The van der Waals surface area contributed by atoms with Crippen LogP contribution in [0.15, 0.2) is 18.2 Å². The van der Waals surface area contributed by atoms with Crippen LogP contribution in [0.1, 0.15) is 17.3 Å². The first-order chi connectivity index (χ1) is 9.04. The molecule has 6 heteroatoms. The maximum atomic E-state index is 12.4. The second-order valence-corrected chi connectivity index (χ2v) is 3.92. The Morgan fingerprint density at radius 2 is 2.11 bits per heavy atom. The second-order valence-electron chi connectivity index (χ2n) is 3.92. The lowest BCUT2D eigenvalue weighted by Crippen LogP contribution is -2.39. The Bertz CT molecular complexity index is 474. The summed E-state index contributed by atoms with van der Waals surface area (Å²) in [7, 11) is 2.99. The first-order valence-electron chi connectivity index (χ1n) is 5.97. The van der Waals surface area contributed by atoms with Crippen molar-refractivity contribution in [3.05, 3.63) is 23.8 Å². The maximum Gasteiger partial charge on any atom is 0.258 e. The van der Waals surface area contributed by atoms with Crippen molar-refractivity contribution in [2.45, 2.75) is 6.92 Å². The number of amides is 2. The monoisotopic (exact) mass is 265 g/mol. The van der Waals surface area contributed by atoms with E-state index in [0.29, 0.717) is 23.5 Å². The van der Waals surface area contributed by atoms with Crippen molar-refractivity contribution in [2.24, 2.45) is 0 Å². The Morgan fingerprint density at radius 1 is 1.42 bits per heavy atom. The maximum absolute atomic E-state index is 12.4. The van der Waals surface area contributed by atoms with E-state index < -0.39 is 0 Å². The minimum atomic E-state index is -0.282. The Hall–Kier alpha value is -2.24. The Labute approximate surface area is 112 Å². The molecule has 0 saturated carbocycles. The molecule has 0 spiro atoms. The van der Waals surface area contributed by atoms with Crippen molar-refractivity contribution >= 4 is 17.5 Å². The van der Waals surface area contributed by atoms with E-state index in [2.05, 4.69) is 5.32 Å². The molecule has 3 N–H and O–H groups in total. The first-order valence-corrected chi connectivity index (χ1v) is 5.97. The third-order valence-electron chi connectivity index (χ3n) is 2.76. The van der Waals surface area contributed by atoms with E-state index in [1.165, 1.54) is 19.1 Å². The van der Waals surface area contributed by atoms with Gasteiger partial charge < -0.3 is 20.7 Å². The molecule has 0 aliphatic carbocycles. The third-order valence-corrected chi connectivity index (χ3v) is 2.76. The van der Waals surface area contributed by atoms with E-state index in [9.17, 15) is 9.59 Å². The largest absolute Gasteiger partial charge is 0.494 e. The number of nitrogens with two attached hydrogens (primary N) is 1. The van der Waals surface area contributed by atoms with Crippen molar-refractivity contribution in [1.82, 2.24) is 10.2 Å². The van der Waals surface area contributed by atoms with Gasteiger partial charge in [-0.3, -0.25) is 9.59 Å². The number of carbonyl (C=O) groups is 2. The summed E-state index contributed by atoms with van der Waals surface area (Å²) in [6, 6.07) is 4.97. The van der Waals surface area contributed by atoms with Crippen molar-refractivity contribution < 1.29 is 14.3 Å². The van der Waals surface area contributed by atoms with Gasteiger partial charge in [-0.25, -0.2) is 0 Å². The fourth-order valence-corrected chi connectivity index (χ4v) is 1.70. The van der Waals surface area contributed by atoms with E-state index >= 15 is 0 Å². The highest BCUT2D eigenvalue weighted by Crippen LogP contribution is 2.26. The van der Waals surface area contributed by atoms with Crippen molar-refractivity contribution in [1.29, 1.82) is 0 Å². The van der Waals surface area contributed by atoms with Gasteiger partial charge in [0.25, 0.3) is 5.91 Å². The summed E-state index contributed by atoms with van der Waals surface area (Å²) in [6.07, 6.45) is 0. The highest BCUT2D eigenvalue weighted by molar-refractivity contribution is 6.00. The molecule has 0 atom stereocenters. The highest BCUT2D eigenvalue weighted by Gasteiger charge is 2.21. The van der Waals surface area contributed by atoms with Crippen molar-refractivity contribution in [3.63, 3.8) is 0 Å². The molecule has 0 aromatic heterocycles. The molecule has 104 valence electrons. The van der Waals surface area contributed by atoms with Gasteiger partial charge in [0.15, 0.2) is 5.75 Å². The number of carbonyl (C=O) groups excluding carboxylic acids is 2. The van der Waals surface area contributed by atoms with Crippen LogP contribution in [0, 0.1) is 0 Å². The molecule has 0 radical (unpaired) electrons. The van der Waals surface area contributed by atoms with Crippen LogP contribution >= 0.6 is 0 Å². The fourth-order valence-electron chi connectivity index (χ4n) is 1.70. The molecule has 0 saturated heterocycles. The van der Waals surface area contributed by atoms with Crippen molar-refractivity contribution in [3.8, 4) is 5.75 Å². The average molecular weight is 265 g/mol. The fraction of sp³-hybridized carbons (Fsp3) is 0.385. The minimum absolute atomic E-state index is 0.00376. The van der Waals surface area contributed by atoms with Crippen LogP contribution < -0.4 is 15.8 Å². The topological polar surface area (TPSA) is 84.7 Å². The molecule has 0 aliphatic rings.